The van der Waals surface area contributed by atoms with Crippen molar-refractivity contribution in [1.82, 2.24) is 4.72 Å². The van der Waals surface area contributed by atoms with Crippen LogP contribution in [0.5, 0.6) is 0 Å². The zero-order valence-electron chi connectivity index (χ0n) is 11.6. The predicted molar refractivity (Wildman–Crippen MR) is 81.0 cm³/mol. The first-order valence-electron chi connectivity index (χ1n) is 6.90. The maximum absolute atomic E-state index is 12.3. The number of hydrogen-bond acceptors (Lipinski definition) is 3. The van der Waals surface area contributed by atoms with Gasteiger partial charge in [0.1, 0.15) is 4.90 Å². The lowest BCUT2D eigenvalue weighted by Gasteiger charge is -2.13. The van der Waals surface area contributed by atoms with Crippen molar-refractivity contribution < 1.29 is 8.42 Å². The van der Waals surface area contributed by atoms with Crippen LogP contribution in [-0.2, 0) is 16.6 Å². The van der Waals surface area contributed by atoms with Crippen LogP contribution in [0.2, 0.25) is 5.02 Å². The first-order valence-corrected chi connectivity index (χ1v) is 8.76. The average molecular weight is 317 g/mol. The van der Waals surface area contributed by atoms with Crippen LogP contribution in [0.15, 0.2) is 23.1 Å². The molecule has 1 aromatic rings. The van der Waals surface area contributed by atoms with Gasteiger partial charge in [-0.15, -0.1) is 0 Å². The molecule has 0 amide bonds. The molecule has 0 aliphatic heterocycles. The molecular formula is C14H21ClN2O2S. The van der Waals surface area contributed by atoms with Gasteiger partial charge in [0.25, 0.3) is 0 Å². The molecule has 6 heteroatoms. The number of halogens is 1. The van der Waals surface area contributed by atoms with E-state index < -0.39 is 10.0 Å². The first kappa shape index (κ1) is 15.8. The molecule has 4 nitrogen and oxygen atoms in total. The molecule has 2 rings (SSSR count). The maximum atomic E-state index is 12.3. The molecule has 0 heterocycles. The summed E-state index contributed by atoms with van der Waals surface area (Å²) in [4.78, 5) is 0.127. The second kappa shape index (κ2) is 6.43. The highest BCUT2D eigenvalue weighted by atomic mass is 35.5. The van der Waals surface area contributed by atoms with Gasteiger partial charge in [-0.2, -0.15) is 0 Å². The van der Waals surface area contributed by atoms with Crippen LogP contribution in [0, 0.1) is 11.8 Å². The fourth-order valence-electron chi connectivity index (χ4n) is 2.70. The Morgan fingerprint density at radius 1 is 1.40 bits per heavy atom. The largest absolute Gasteiger partial charge is 0.326 e. The van der Waals surface area contributed by atoms with Crippen LogP contribution in [-0.4, -0.2) is 15.0 Å². The lowest BCUT2D eigenvalue weighted by atomic mass is 10.1. The van der Waals surface area contributed by atoms with Crippen LogP contribution >= 0.6 is 11.6 Å². The Morgan fingerprint density at radius 2 is 2.15 bits per heavy atom. The molecule has 1 aliphatic rings. The molecule has 3 N–H and O–H groups in total. The third-order valence-electron chi connectivity index (χ3n) is 3.89. The number of hydrogen-bond donors (Lipinski definition) is 2. The van der Waals surface area contributed by atoms with Crippen LogP contribution < -0.4 is 10.5 Å². The summed E-state index contributed by atoms with van der Waals surface area (Å²) in [6, 6.07) is 4.82. The zero-order valence-corrected chi connectivity index (χ0v) is 13.2. The fourth-order valence-corrected chi connectivity index (χ4v) is 4.39. The van der Waals surface area contributed by atoms with Gasteiger partial charge >= 0.3 is 0 Å². The number of sulfonamides is 1. The highest BCUT2D eigenvalue weighted by molar-refractivity contribution is 7.89. The molecule has 112 valence electrons. The summed E-state index contributed by atoms with van der Waals surface area (Å²) in [6.45, 7) is 3.03. The van der Waals surface area contributed by atoms with E-state index in [0.717, 1.165) is 18.4 Å². The Kier molecular flexibility index (Phi) is 5.07. The van der Waals surface area contributed by atoms with E-state index in [4.69, 9.17) is 17.3 Å². The van der Waals surface area contributed by atoms with E-state index >= 15 is 0 Å². The summed E-state index contributed by atoms with van der Waals surface area (Å²) in [6.07, 6.45) is 3.35. The average Bonchev–Trinajstić information content (AvgIpc) is 2.82. The van der Waals surface area contributed by atoms with E-state index in [0.29, 0.717) is 24.9 Å². The maximum Gasteiger partial charge on any atom is 0.242 e. The van der Waals surface area contributed by atoms with Gasteiger partial charge in [-0.3, -0.25) is 0 Å². The topological polar surface area (TPSA) is 72.2 Å². The molecule has 1 aliphatic carbocycles. The third-order valence-corrected chi connectivity index (χ3v) is 5.79. The molecule has 1 saturated carbocycles. The highest BCUT2D eigenvalue weighted by Crippen LogP contribution is 2.30. The molecule has 0 saturated heterocycles. The molecule has 1 aromatic carbocycles. The molecule has 1 fully saturated rings. The molecule has 2 atom stereocenters. The lowest BCUT2D eigenvalue weighted by molar-refractivity contribution is 0.498. The number of nitrogens with two attached hydrogens (primary N) is 1. The van der Waals surface area contributed by atoms with Crippen molar-refractivity contribution in [2.75, 3.05) is 6.54 Å². The van der Waals surface area contributed by atoms with Crippen LogP contribution in [0.4, 0.5) is 0 Å². The summed E-state index contributed by atoms with van der Waals surface area (Å²) < 4.78 is 27.2. The summed E-state index contributed by atoms with van der Waals surface area (Å²) >= 11 is 6.04. The predicted octanol–water partition coefficient (Wildman–Crippen LogP) is 2.51. The number of benzene rings is 1. The smallest absolute Gasteiger partial charge is 0.242 e. The van der Waals surface area contributed by atoms with Gasteiger partial charge in [-0.05, 0) is 42.4 Å². The van der Waals surface area contributed by atoms with E-state index in [1.54, 1.807) is 12.1 Å². The van der Waals surface area contributed by atoms with Crippen molar-refractivity contribution in [2.45, 2.75) is 37.6 Å². The minimum Gasteiger partial charge on any atom is -0.326 e. The Bertz CT molecular complexity index is 575. The van der Waals surface area contributed by atoms with Gasteiger partial charge < -0.3 is 5.73 Å². The van der Waals surface area contributed by atoms with E-state index in [9.17, 15) is 8.42 Å². The molecule has 0 aromatic heterocycles. The van der Waals surface area contributed by atoms with Crippen LogP contribution in [0.3, 0.4) is 0 Å². The Balaban J connectivity index is 2.06. The Morgan fingerprint density at radius 3 is 2.70 bits per heavy atom. The molecule has 0 spiro atoms. The summed E-state index contributed by atoms with van der Waals surface area (Å²) in [7, 11) is -3.54. The Hall–Kier alpha value is -0.620. The van der Waals surface area contributed by atoms with Gasteiger partial charge in [0.2, 0.25) is 10.0 Å². The summed E-state index contributed by atoms with van der Waals surface area (Å²) in [5, 5.41) is 0.222. The second-order valence-electron chi connectivity index (χ2n) is 5.61. The molecule has 20 heavy (non-hydrogen) atoms. The number of nitrogens with one attached hydrogen (secondary N) is 1. The normalized spacial score (nSPS) is 23.1. The van der Waals surface area contributed by atoms with E-state index in [2.05, 4.69) is 11.6 Å². The molecule has 0 bridgehead atoms. The van der Waals surface area contributed by atoms with Gasteiger partial charge in [0.15, 0.2) is 0 Å². The third kappa shape index (κ3) is 3.73. The monoisotopic (exact) mass is 316 g/mol. The van der Waals surface area contributed by atoms with Gasteiger partial charge in [0, 0.05) is 13.1 Å². The fraction of sp³-hybridized carbons (Fsp3) is 0.571. The van der Waals surface area contributed by atoms with Crippen LogP contribution in [0.25, 0.3) is 0 Å². The Labute approximate surface area is 125 Å². The van der Waals surface area contributed by atoms with Crippen molar-refractivity contribution in [3.63, 3.8) is 0 Å². The van der Waals surface area contributed by atoms with E-state index in [-0.39, 0.29) is 9.92 Å². The summed E-state index contributed by atoms with van der Waals surface area (Å²) in [5.74, 6) is 1.12. The van der Waals surface area contributed by atoms with Gasteiger partial charge in [0.05, 0.1) is 5.02 Å². The van der Waals surface area contributed by atoms with Crippen molar-refractivity contribution in [2.24, 2.45) is 17.6 Å². The van der Waals surface area contributed by atoms with Gasteiger partial charge in [-0.25, -0.2) is 13.1 Å². The molecule has 0 radical (unpaired) electrons. The van der Waals surface area contributed by atoms with E-state index in [1.807, 2.05) is 0 Å². The standard InChI is InChI=1S/C14H21ClN2O2S/c1-10-2-3-12(6-10)9-17-20(18,19)14-5-4-11(8-16)7-13(14)15/h4-5,7,10,12,17H,2-3,6,8-9,16H2,1H3. The zero-order chi connectivity index (χ0) is 14.8. The van der Waals surface area contributed by atoms with Crippen molar-refractivity contribution in [3.05, 3.63) is 28.8 Å². The lowest BCUT2D eigenvalue weighted by Crippen LogP contribution is -2.29. The molecule has 2 unspecified atom stereocenters. The second-order valence-corrected chi connectivity index (χ2v) is 7.75. The van der Waals surface area contributed by atoms with Crippen LogP contribution in [0.1, 0.15) is 31.7 Å². The van der Waals surface area contributed by atoms with Gasteiger partial charge in [-0.1, -0.05) is 31.0 Å². The minimum atomic E-state index is -3.54. The summed E-state index contributed by atoms with van der Waals surface area (Å²) in [5.41, 5.74) is 6.33. The quantitative estimate of drug-likeness (QED) is 0.876. The van der Waals surface area contributed by atoms with Crippen molar-refractivity contribution >= 4 is 21.6 Å². The van der Waals surface area contributed by atoms with Crippen molar-refractivity contribution in [1.29, 1.82) is 0 Å². The first-order chi connectivity index (χ1) is 9.42. The highest BCUT2D eigenvalue weighted by Gasteiger charge is 2.24. The van der Waals surface area contributed by atoms with Crippen molar-refractivity contribution in [3.8, 4) is 0 Å². The molecular weight excluding hydrogens is 296 g/mol. The minimum absolute atomic E-state index is 0.127. The SMILES string of the molecule is CC1CCC(CNS(=O)(=O)c2ccc(CN)cc2Cl)C1. The number of rotatable bonds is 5. The van der Waals surface area contributed by atoms with E-state index in [1.165, 1.54) is 12.5 Å².